The number of sulfonamides is 1. The van der Waals surface area contributed by atoms with E-state index in [1.165, 1.54) is 4.31 Å². The lowest BCUT2D eigenvalue weighted by atomic mass is 9.98. The highest BCUT2D eigenvalue weighted by molar-refractivity contribution is 7.89. The monoisotopic (exact) mass is 427 g/mol. The van der Waals surface area contributed by atoms with Crippen LogP contribution in [0.5, 0.6) is 0 Å². The summed E-state index contributed by atoms with van der Waals surface area (Å²) in [4.78, 5) is 26.6. The Bertz CT molecular complexity index is 1020. The van der Waals surface area contributed by atoms with Crippen LogP contribution in [-0.2, 0) is 19.6 Å². The Morgan fingerprint density at radius 2 is 1.70 bits per heavy atom. The quantitative estimate of drug-likeness (QED) is 0.795. The van der Waals surface area contributed by atoms with Gasteiger partial charge in [-0.05, 0) is 55.7 Å². The fourth-order valence-electron chi connectivity index (χ4n) is 4.01. The van der Waals surface area contributed by atoms with E-state index in [2.05, 4.69) is 5.32 Å². The molecule has 0 aromatic heterocycles. The lowest BCUT2D eigenvalue weighted by molar-refractivity contribution is -0.121. The minimum atomic E-state index is -3.61. The molecular formula is C22H25N3O4S. The van der Waals surface area contributed by atoms with E-state index in [-0.39, 0.29) is 23.3 Å². The van der Waals surface area contributed by atoms with Crippen molar-refractivity contribution in [1.29, 1.82) is 0 Å². The van der Waals surface area contributed by atoms with Crippen molar-refractivity contribution in [3.63, 3.8) is 0 Å². The minimum Gasteiger partial charge on any atom is -0.326 e. The molecule has 2 heterocycles. The fraction of sp³-hybridized carbons (Fsp3) is 0.364. The maximum absolute atomic E-state index is 12.9. The van der Waals surface area contributed by atoms with Gasteiger partial charge < -0.3 is 10.2 Å². The molecule has 4 rings (SSSR count). The average Bonchev–Trinajstić information content (AvgIpc) is 3.21. The Labute approximate surface area is 176 Å². The molecule has 1 N–H and O–H groups in total. The topological polar surface area (TPSA) is 86.8 Å². The van der Waals surface area contributed by atoms with Gasteiger partial charge >= 0.3 is 0 Å². The van der Waals surface area contributed by atoms with Gasteiger partial charge in [-0.15, -0.1) is 0 Å². The summed E-state index contributed by atoms with van der Waals surface area (Å²) in [6.07, 6.45) is 2.72. The Hall–Kier alpha value is -2.71. The van der Waals surface area contributed by atoms with Crippen molar-refractivity contribution < 1.29 is 18.0 Å². The molecule has 2 saturated heterocycles. The van der Waals surface area contributed by atoms with Gasteiger partial charge in [-0.25, -0.2) is 8.42 Å². The summed E-state index contributed by atoms with van der Waals surface area (Å²) >= 11 is 0. The summed E-state index contributed by atoms with van der Waals surface area (Å²) in [5, 5.41) is 2.89. The summed E-state index contributed by atoms with van der Waals surface area (Å²) in [5.41, 5.74) is 1.46. The number of hydrogen-bond donors (Lipinski definition) is 1. The van der Waals surface area contributed by atoms with E-state index in [0.29, 0.717) is 31.5 Å². The number of nitrogens with zero attached hydrogens (tertiary/aromatic N) is 2. The zero-order valence-corrected chi connectivity index (χ0v) is 17.5. The Morgan fingerprint density at radius 1 is 0.967 bits per heavy atom. The minimum absolute atomic E-state index is 0.119. The second-order valence-corrected chi connectivity index (χ2v) is 9.64. The Morgan fingerprint density at radius 3 is 2.37 bits per heavy atom. The van der Waals surface area contributed by atoms with Crippen LogP contribution < -0.4 is 10.2 Å². The molecule has 2 amide bonds. The van der Waals surface area contributed by atoms with E-state index in [9.17, 15) is 18.0 Å². The predicted octanol–water partition coefficient (Wildman–Crippen LogP) is 2.85. The van der Waals surface area contributed by atoms with Crippen molar-refractivity contribution in [2.45, 2.75) is 30.6 Å². The van der Waals surface area contributed by atoms with Crippen LogP contribution in [0, 0.1) is 5.92 Å². The van der Waals surface area contributed by atoms with Crippen LogP contribution in [0.1, 0.15) is 25.7 Å². The zero-order chi connectivity index (χ0) is 21.1. The predicted molar refractivity (Wildman–Crippen MR) is 115 cm³/mol. The number of rotatable bonds is 5. The first-order valence-corrected chi connectivity index (χ1v) is 11.7. The maximum atomic E-state index is 12.9. The molecule has 158 valence electrons. The van der Waals surface area contributed by atoms with E-state index in [1.54, 1.807) is 47.4 Å². The van der Waals surface area contributed by atoms with Crippen molar-refractivity contribution >= 4 is 33.2 Å². The molecule has 0 bridgehead atoms. The van der Waals surface area contributed by atoms with Crippen LogP contribution in [0.4, 0.5) is 11.4 Å². The van der Waals surface area contributed by atoms with Gasteiger partial charge in [0.15, 0.2) is 0 Å². The lowest BCUT2D eigenvalue weighted by Gasteiger charge is -2.31. The lowest BCUT2D eigenvalue weighted by Crippen LogP contribution is -2.43. The number of piperidine rings is 1. The van der Waals surface area contributed by atoms with Crippen molar-refractivity contribution in [2.75, 3.05) is 29.9 Å². The van der Waals surface area contributed by atoms with Gasteiger partial charge in [0.25, 0.3) is 0 Å². The highest BCUT2D eigenvalue weighted by atomic mass is 32.2. The number of anilines is 2. The summed E-state index contributed by atoms with van der Waals surface area (Å²) in [5.74, 6) is -0.473. The van der Waals surface area contributed by atoms with E-state index < -0.39 is 15.9 Å². The van der Waals surface area contributed by atoms with E-state index >= 15 is 0 Å². The SMILES string of the molecule is O=C(Nc1ccc(N2CCCC2=O)cc1)C1CCCN(S(=O)(=O)c2ccccc2)C1. The highest BCUT2D eigenvalue weighted by Crippen LogP contribution is 2.26. The zero-order valence-electron chi connectivity index (χ0n) is 16.7. The average molecular weight is 428 g/mol. The highest BCUT2D eigenvalue weighted by Gasteiger charge is 2.33. The van der Waals surface area contributed by atoms with Crippen LogP contribution in [0.2, 0.25) is 0 Å². The van der Waals surface area contributed by atoms with Gasteiger partial charge in [-0.2, -0.15) is 4.31 Å². The molecule has 1 atom stereocenters. The molecule has 2 aromatic carbocycles. The van der Waals surface area contributed by atoms with Gasteiger partial charge in [0.2, 0.25) is 21.8 Å². The Balaban J connectivity index is 1.40. The van der Waals surface area contributed by atoms with Crippen molar-refractivity contribution in [2.24, 2.45) is 5.92 Å². The number of nitrogens with one attached hydrogen (secondary N) is 1. The van der Waals surface area contributed by atoms with Gasteiger partial charge in [0.05, 0.1) is 10.8 Å². The summed E-state index contributed by atoms with van der Waals surface area (Å²) < 4.78 is 27.1. The molecule has 0 aliphatic carbocycles. The second-order valence-electron chi connectivity index (χ2n) is 7.70. The molecule has 7 nitrogen and oxygen atoms in total. The molecule has 0 saturated carbocycles. The van der Waals surface area contributed by atoms with E-state index in [4.69, 9.17) is 0 Å². The number of carbonyl (C=O) groups excluding carboxylic acids is 2. The van der Waals surface area contributed by atoms with Gasteiger partial charge in [-0.3, -0.25) is 9.59 Å². The van der Waals surface area contributed by atoms with Crippen LogP contribution in [0.15, 0.2) is 59.5 Å². The first-order chi connectivity index (χ1) is 14.4. The second kappa shape index (κ2) is 8.57. The molecule has 2 aromatic rings. The van der Waals surface area contributed by atoms with Crippen molar-refractivity contribution in [1.82, 2.24) is 4.31 Å². The molecule has 8 heteroatoms. The summed E-state index contributed by atoms with van der Waals surface area (Å²) in [6.45, 7) is 1.31. The number of hydrogen-bond acceptors (Lipinski definition) is 4. The maximum Gasteiger partial charge on any atom is 0.243 e. The van der Waals surface area contributed by atoms with Gasteiger partial charge in [0, 0.05) is 37.4 Å². The summed E-state index contributed by atoms with van der Waals surface area (Å²) in [7, 11) is -3.61. The molecule has 2 aliphatic heterocycles. The normalized spacial score (nSPS) is 20.3. The molecule has 1 unspecified atom stereocenters. The van der Waals surface area contributed by atoms with Crippen LogP contribution in [0.25, 0.3) is 0 Å². The molecule has 30 heavy (non-hydrogen) atoms. The number of amides is 2. The smallest absolute Gasteiger partial charge is 0.243 e. The van der Waals surface area contributed by atoms with Crippen molar-refractivity contribution in [3.8, 4) is 0 Å². The molecule has 0 spiro atoms. The van der Waals surface area contributed by atoms with E-state index in [1.807, 2.05) is 12.1 Å². The van der Waals surface area contributed by atoms with E-state index in [0.717, 1.165) is 18.7 Å². The third kappa shape index (κ3) is 4.24. The summed E-state index contributed by atoms with van der Waals surface area (Å²) in [6, 6.07) is 15.5. The third-order valence-electron chi connectivity index (χ3n) is 5.66. The fourth-order valence-corrected chi connectivity index (χ4v) is 5.55. The standard InChI is InChI=1S/C22H25N3O4S/c26-21-9-5-15-25(21)19-12-10-18(11-13-19)23-22(27)17-6-4-14-24(16-17)30(28,29)20-7-2-1-3-8-20/h1-3,7-8,10-13,17H,4-6,9,14-16H2,(H,23,27). The Kier molecular flexibility index (Phi) is 5.87. The number of benzene rings is 2. The van der Waals surface area contributed by atoms with Crippen LogP contribution in [0.3, 0.4) is 0 Å². The van der Waals surface area contributed by atoms with Crippen LogP contribution in [-0.4, -0.2) is 44.2 Å². The van der Waals surface area contributed by atoms with Gasteiger partial charge in [-0.1, -0.05) is 18.2 Å². The van der Waals surface area contributed by atoms with Crippen LogP contribution >= 0.6 is 0 Å². The number of carbonyl (C=O) groups is 2. The molecule has 0 radical (unpaired) electrons. The van der Waals surface area contributed by atoms with Crippen molar-refractivity contribution in [3.05, 3.63) is 54.6 Å². The first kappa shape index (κ1) is 20.6. The largest absolute Gasteiger partial charge is 0.326 e. The van der Waals surface area contributed by atoms with Gasteiger partial charge in [0.1, 0.15) is 0 Å². The third-order valence-corrected chi connectivity index (χ3v) is 7.54. The first-order valence-electron chi connectivity index (χ1n) is 10.2. The molecule has 2 aliphatic rings. The molecule has 2 fully saturated rings. The molecular weight excluding hydrogens is 402 g/mol.